The van der Waals surface area contributed by atoms with Gasteiger partial charge in [0.1, 0.15) is 0 Å². The summed E-state index contributed by atoms with van der Waals surface area (Å²) in [4.78, 5) is 19.6. The second-order valence-electron chi connectivity index (χ2n) is 14.5. The number of benzene rings is 2. The zero-order valence-electron chi connectivity index (χ0n) is 29.7. The Balaban J connectivity index is 0.000000167. The van der Waals surface area contributed by atoms with Crippen molar-refractivity contribution in [1.29, 1.82) is 0 Å². The third kappa shape index (κ3) is 7.56. The molecule has 4 aromatic rings. The maximum atomic E-state index is 13.2. The summed E-state index contributed by atoms with van der Waals surface area (Å²) < 4.78 is 79.1. The van der Waals surface area contributed by atoms with Crippen molar-refractivity contribution in [2.45, 2.75) is 89.8 Å². The Morgan fingerprint density at radius 1 is 0.556 bits per heavy atom. The second kappa shape index (κ2) is 14.5. The highest BCUT2D eigenvalue weighted by Crippen LogP contribution is 2.51. The molecule has 2 aliphatic heterocycles. The van der Waals surface area contributed by atoms with E-state index in [4.69, 9.17) is 32.9 Å². The van der Waals surface area contributed by atoms with Crippen molar-refractivity contribution >= 4 is 34.6 Å². The smallest absolute Gasteiger partial charge is 0.387 e. The van der Waals surface area contributed by atoms with E-state index in [-0.39, 0.29) is 23.7 Å². The lowest BCUT2D eigenvalue weighted by Crippen LogP contribution is -2.16. The van der Waals surface area contributed by atoms with Crippen LogP contribution in [0.2, 0.25) is 10.0 Å². The van der Waals surface area contributed by atoms with Gasteiger partial charge in [0.2, 0.25) is 0 Å². The zero-order valence-corrected chi connectivity index (χ0v) is 31.2. The van der Waals surface area contributed by atoms with E-state index in [0.29, 0.717) is 32.3 Å². The molecule has 2 saturated carbocycles. The van der Waals surface area contributed by atoms with E-state index in [1.807, 2.05) is 26.0 Å². The van der Waals surface area contributed by atoms with Crippen LogP contribution in [0.15, 0.2) is 71.2 Å². The van der Waals surface area contributed by atoms with Gasteiger partial charge < -0.3 is 9.68 Å². The van der Waals surface area contributed by atoms with Crippen LogP contribution in [-0.4, -0.2) is 21.4 Å². The summed E-state index contributed by atoms with van der Waals surface area (Å²) in [7, 11) is 0. The Kier molecular flexibility index (Phi) is 10.2. The fraction of sp³-hybridized carbons (Fsp3) is 0.400. The maximum absolute atomic E-state index is 13.2. The van der Waals surface area contributed by atoms with Gasteiger partial charge in [-0.3, -0.25) is 9.97 Å². The molecule has 6 atom stereocenters. The minimum absolute atomic E-state index is 0.0149. The van der Waals surface area contributed by atoms with Crippen molar-refractivity contribution in [3.63, 3.8) is 0 Å². The Morgan fingerprint density at radius 3 is 1.31 bits per heavy atom. The Morgan fingerprint density at radius 2 is 0.944 bits per heavy atom. The number of fused-ring (bicyclic) bond motifs is 2. The predicted molar refractivity (Wildman–Crippen MR) is 194 cm³/mol. The SMILES string of the molecule is Cc1cc(C2ON=C3[C@@H](c4cc(C)ncc4Cl)CC[C@@H]32)cc(C(F)(F)F)c1.Cc1cc(C2ON=C3[C@H](c4cc(C)ncc4Cl)CC[C@H]32)cc(C(F)(F)F)c1. The molecule has 2 aliphatic carbocycles. The minimum atomic E-state index is -4.39. The average Bonchev–Trinajstić information content (AvgIpc) is 3.89. The number of oxime groups is 2. The second-order valence-corrected chi connectivity index (χ2v) is 15.3. The molecule has 0 N–H and O–H groups in total. The summed E-state index contributed by atoms with van der Waals surface area (Å²) in [5.41, 5.74) is 6.19. The minimum Gasteiger partial charge on any atom is -0.387 e. The van der Waals surface area contributed by atoms with Gasteiger partial charge >= 0.3 is 12.4 Å². The van der Waals surface area contributed by atoms with Gasteiger partial charge in [0.15, 0.2) is 12.2 Å². The topological polar surface area (TPSA) is 69.0 Å². The summed E-state index contributed by atoms with van der Waals surface area (Å²) >= 11 is 12.7. The summed E-state index contributed by atoms with van der Waals surface area (Å²) in [5.74, 6) is -0.0490. The molecule has 2 fully saturated rings. The molecule has 2 aromatic carbocycles. The number of aryl methyl sites for hydroxylation is 4. The predicted octanol–water partition coefficient (Wildman–Crippen LogP) is 12.0. The zero-order chi connectivity index (χ0) is 38.7. The quantitative estimate of drug-likeness (QED) is 0.193. The molecule has 2 aromatic heterocycles. The van der Waals surface area contributed by atoms with Crippen molar-refractivity contribution in [2.75, 3.05) is 0 Å². The van der Waals surface area contributed by atoms with Gasteiger partial charge in [-0.25, -0.2) is 0 Å². The fourth-order valence-corrected chi connectivity index (χ4v) is 8.69. The van der Waals surface area contributed by atoms with E-state index in [1.54, 1.807) is 38.4 Å². The lowest BCUT2D eigenvalue weighted by atomic mass is 9.89. The Hall–Kier alpha value is -4.16. The van der Waals surface area contributed by atoms with Crippen LogP contribution >= 0.6 is 23.2 Å². The van der Waals surface area contributed by atoms with E-state index in [9.17, 15) is 26.3 Å². The molecule has 0 radical (unpaired) electrons. The molecule has 2 unspecified atom stereocenters. The lowest BCUT2D eigenvalue weighted by molar-refractivity contribution is -0.138. The third-order valence-corrected chi connectivity index (χ3v) is 11.2. The molecule has 0 spiro atoms. The fourth-order valence-electron chi connectivity index (χ4n) is 8.22. The highest BCUT2D eigenvalue weighted by molar-refractivity contribution is 6.32. The van der Waals surface area contributed by atoms with Crippen LogP contribution in [0, 0.1) is 39.5 Å². The van der Waals surface area contributed by atoms with Crippen LogP contribution in [0.4, 0.5) is 26.3 Å². The molecule has 6 nitrogen and oxygen atoms in total. The molecule has 8 rings (SSSR count). The van der Waals surface area contributed by atoms with Crippen LogP contribution in [0.5, 0.6) is 0 Å². The number of aromatic nitrogens is 2. The van der Waals surface area contributed by atoms with Gasteiger partial charge in [-0.1, -0.05) is 56.8 Å². The van der Waals surface area contributed by atoms with Crippen molar-refractivity contribution in [1.82, 2.24) is 9.97 Å². The molecule has 284 valence electrons. The summed E-state index contributed by atoms with van der Waals surface area (Å²) in [5, 5.41) is 9.68. The first kappa shape index (κ1) is 38.1. The van der Waals surface area contributed by atoms with E-state index >= 15 is 0 Å². The van der Waals surface area contributed by atoms with Gasteiger partial charge in [0, 0.05) is 47.5 Å². The van der Waals surface area contributed by atoms with E-state index in [0.717, 1.165) is 71.8 Å². The normalized spacial score (nSPS) is 24.5. The summed E-state index contributed by atoms with van der Waals surface area (Å²) in [6.45, 7) is 7.11. The van der Waals surface area contributed by atoms with Crippen molar-refractivity contribution in [3.05, 3.63) is 127 Å². The molecular formula is C40H36Cl2F6N4O2. The highest BCUT2D eigenvalue weighted by atomic mass is 35.5. The van der Waals surface area contributed by atoms with Crippen LogP contribution in [0.1, 0.15) is 106 Å². The number of hydrogen-bond acceptors (Lipinski definition) is 6. The Labute approximate surface area is 318 Å². The number of hydrogen-bond donors (Lipinski definition) is 0. The molecule has 4 aliphatic rings. The summed E-state index contributed by atoms with van der Waals surface area (Å²) in [6.07, 6.45) is -3.24. The van der Waals surface area contributed by atoms with E-state index in [1.165, 1.54) is 12.1 Å². The molecule has 54 heavy (non-hydrogen) atoms. The highest BCUT2D eigenvalue weighted by Gasteiger charge is 2.47. The third-order valence-electron chi connectivity index (χ3n) is 10.6. The van der Waals surface area contributed by atoms with Gasteiger partial charge in [0.05, 0.1) is 32.6 Å². The van der Waals surface area contributed by atoms with Crippen LogP contribution < -0.4 is 0 Å². The van der Waals surface area contributed by atoms with E-state index in [2.05, 4.69) is 20.3 Å². The first-order valence-electron chi connectivity index (χ1n) is 17.6. The monoisotopic (exact) mass is 788 g/mol. The van der Waals surface area contributed by atoms with Crippen molar-refractivity contribution in [3.8, 4) is 0 Å². The molecule has 0 saturated heterocycles. The van der Waals surface area contributed by atoms with Gasteiger partial charge in [-0.15, -0.1) is 0 Å². The standard InChI is InChI=1S/2C20H18ClF3N2O/c2*1-10-5-12(8-13(6-10)20(22,23)24)19-15-4-3-14(18(15)26-27-19)16-7-11(2)25-9-17(16)21/h2*5-9,14-15,19H,3-4H2,1-2H3/t2*14-,15+,19?/m10/s1. The van der Waals surface area contributed by atoms with Crippen LogP contribution in [-0.2, 0) is 22.0 Å². The number of pyridine rings is 2. The number of rotatable bonds is 4. The first-order chi connectivity index (χ1) is 25.5. The average molecular weight is 790 g/mol. The lowest BCUT2D eigenvalue weighted by Gasteiger charge is -2.18. The molecule has 14 heteroatoms. The van der Waals surface area contributed by atoms with Crippen LogP contribution in [0.25, 0.3) is 0 Å². The van der Waals surface area contributed by atoms with Crippen LogP contribution in [0.3, 0.4) is 0 Å². The molecule has 4 heterocycles. The van der Waals surface area contributed by atoms with Gasteiger partial charge in [0.25, 0.3) is 0 Å². The number of halogens is 8. The van der Waals surface area contributed by atoms with Crippen molar-refractivity contribution in [2.24, 2.45) is 22.1 Å². The first-order valence-corrected chi connectivity index (χ1v) is 18.3. The van der Waals surface area contributed by atoms with Crippen molar-refractivity contribution < 1.29 is 36.0 Å². The number of nitrogens with zero attached hydrogens (tertiary/aromatic N) is 4. The molecular weight excluding hydrogens is 753 g/mol. The summed E-state index contributed by atoms with van der Waals surface area (Å²) in [6, 6.07) is 12.0. The Bertz CT molecular complexity index is 2000. The maximum Gasteiger partial charge on any atom is 0.416 e. The molecule has 0 amide bonds. The number of alkyl halides is 6. The molecule has 0 bridgehead atoms. The van der Waals surface area contributed by atoms with E-state index < -0.39 is 35.7 Å². The van der Waals surface area contributed by atoms with Gasteiger partial charge in [-0.05, 0) is 112 Å². The largest absolute Gasteiger partial charge is 0.416 e. The van der Waals surface area contributed by atoms with Gasteiger partial charge in [-0.2, -0.15) is 26.3 Å².